The van der Waals surface area contributed by atoms with E-state index >= 15 is 0 Å². The van der Waals surface area contributed by atoms with Crippen LogP contribution in [0.15, 0.2) is 36.7 Å². The van der Waals surface area contributed by atoms with Crippen molar-refractivity contribution in [1.82, 2.24) is 4.90 Å². The number of nitrogens with zero attached hydrogens (tertiary/aromatic N) is 2. The van der Waals surface area contributed by atoms with Crippen LogP contribution >= 0.6 is 0 Å². The minimum Gasteiger partial charge on any atom is -0.510 e. The number of hydrogen-bond donors (Lipinski definition) is 0. The Balaban J connectivity index is 0.000000845. The molecular formula is C10H10IrN2-2. The molecule has 71 valence electrons. The van der Waals surface area contributed by atoms with Crippen molar-refractivity contribution < 1.29 is 20.1 Å². The van der Waals surface area contributed by atoms with Crippen LogP contribution in [-0.4, -0.2) is 11.9 Å². The Morgan fingerprint density at radius 2 is 2.15 bits per heavy atom. The summed E-state index contributed by atoms with van der Waals surface area (Å²) in [6.45, 7) is 2.01. The summed E-state index contributed by atoms with van der Waals surface area (Å²) in [4.78, 5) is 4.03. The van der Waals surface area contributed by atoms with Crippen LogP contribution in [0.25, 0.3) is 0 Å². The Morgan fingerprint density at radius 3 is 2.69 bits per heavy atom. The summed E-state index contributed by atoms with van der Waals surface area (Å²) in [5.74, 6) is 0. The minimum atomic E-state index is 0. The molecule has 0 N–H and O–H groups in total. The Labute approximate surface area is 92.2 Å². The van der Waals surface area contributed by atoms with Crippen LogP contribution in [0.5, 0.6) is 0 Å². The zero-order valence-corrected chi connectivity index (χ0v) is 9.66. The molecule has 1 aliphatic heterocycles. The predicted octanol–water partition coefficient (Wildman–Crippen LogP) is 1.83. The molecule has 1 heterocycles. The fourth-order valence-corrected chi connectivity index (χ4v) is 1.14. The molecule has 0 aromatic heterocycles. The number of para-hydroxylation sites is 1. The molecule has 0 amide bonds. The first-order valence-corrected chi connectivity index (χ1v) is 3.86. The molecule has 1 aromatic rings. The van der Waals surface area contributed by atoms with E-state index in [1.165, 1.54) is 0 Å². The molecule has 3 heteroatoms. The van der Waals surface area contributed by atoms with Crippen molar-refractivity contribution in [3.63, 3.8) is 0 Å². The summed E-state index contributed by atoms with van der Waals surface area (Å²) in [7, 11) is 2.00. The quantitative estimate of drug-likeness (QED) is 0.713. The second kappa shape index (κ2) is 4.45. The zero-order valence-electron chi connectivity index (χ0n) is 7.27. The Bertz CT molecular complexity index is 284. The van der Waals surface area contributed by atoms with Crippen molar-refractivity contribution in [3.05, 3.63) is 49.4 Å². The first-order chi connectivity index (χ1) is 5.86. The van der Waals surface area contributed by atoms with Gasteiger partial charge in [0.2, 0.25) is 0 Å². The molecular weight excluding hydrogens is 340 g/mol. The maximum Gasteiger partial charge on any atom is 0 e. The third kappa shape index (κ3) is 2.33. The van der Waals surface area contributed by atoms with E-state index in [1.54, 1.807) is 0 Å². The molecule has 2 nitrogen and oxygen atoms in total. The van der Waals surface area contributed by atoms with Crippen LogP contribution in [0.4, 0.5) is 5.69 Å². The summed E-state index contributed by atoms with van der Waals surface area (Å²) in [6.07, 6.45) is 4.01. The van der Waals surface area contributed by atoms with E-state index in [4.69, 9.17) is 0 Å². The fourth-order valence-electron chi connectivity index (χ4n) is 1.14. The van der Waals surface area contributed by atoms with Crippen molar-refractivity contribution in [3.8, 4) is 0 Å². The zero-order chi connectivity index (χ0) is 8.39. The molecule has 0 unspecified atom stereocenters. The smallest absolute Gasteiger partial charge is 0 e. The molecule has 1 aliphatic rings. The third-order valence-corrected chi connectivity index (χ3v) is 1.74. The molecule has 1 radical (unpaired) electrons. The maximum atomic E-state index is 3.15. The molecule has 2 rings (SSSR count). The topological polar surface area (TPSA) is 6.48 Å². The summed E-state index contributed by atoms with van der Waals surface area (Å²) in [5.41, 5.74) is 1.07. The van der Waals surface area contributed by atoms with Gasteiger partial charge in [-0.1, -0.05) is 0 Å². The second-order valence-corrected chi connectivity index (χ2v) is 2.73. The molecule has 0 fully saturated rings. The van der Waals surface area contributed by atoms with Gasteiger partial charge in [0.05, 0.1) is 0 Å². The van der Waals surface area contributed by atoms with Gasteiger partial charge in [-0.05, 0) is 19.4 Å². The number of anilines is 1. The van der Waals surface area contributed by atoms with Crippen molar-refractivity contribution in [2.45, 2.75) is 0 Å². The standard InChI is InChI=1S/C10H10N2.Ir/c1-11-7-8-12(9-11)10-5-3-2-4-6-10;/h2-5,7-9H,1H3;/q-2;. The molecule has 1 aromatic carbocycles. The summed E-state index contributed by atoms with van der Waals surface area (Å²) < 4.78 is 0. The van der Waals surface area contributed by atoms with Gasteiger partial charge >= 0.3 is 0 Å². The third-order valence-electron chi connectivity index (χ3n) is 1.74. The summed E-state index contributed by atoms with van der Waals surface area (Å²) >= 11 is 0. The van der Waals surface area contributed by atoms with Crippen LogP contribution < -0.4 is 4.90 Å². The van der Waals surface area contributed by atoms with E-state index in [-0.39, 0.29) is 20.1 Å². The van der Waals surface area contributed by atoms with Gasteiger partial charge in [0, 0.05) is 20.1 Å². The molecule has 0 bridgehead atoms. The maximum absolute atomic E-state index is 3.15. The van der Waals surface area contributed by atoms with Crippen LogP contribution in [0.3, 0.4) is 0 Å². The predicted molar refractivity (Wildman–Crippen MR) is 49.0 cm³/mol. The molecule has 13 heavy (non-hydrogen) atoms. The molecule has 0 saturated heterocycles. The van der Waals surface area contributed by atoms with Gasteiger partial charge < -0.3 is 9.80 Å². The van der Waals surface area contributed by atoms with E-state index in [2.05, 4.69) is 6.07 Å². The van der Waals surface area contributed by atoms with Gasteiger partial charge in [-0.15, -0.1) is 5.69 Å². The van der Waals surface area contributed by atoms with E-state index in [0.29, 0.717) is 0 Å². The van der Waals surface area contributed by atoms with Crippen LogP contribution in [0.1, 0.15) is 0 Å². The Hall–Kier alpha value is -0.791. The summed E-state index contributed by atoms with van der Waals surface area (Å²) in [5, 5.41) is 0. The van der Waals surface area contributed by atoms with Gasteiger partial charge in [-0.2, -0.15) is 37.0 Å². The first-order valence-electron chi connectivity index (χ1n) is 3.86. The SMILES string of the molecule is CN1C=CN(c2[c-]cccc2)[CH-]1.[Ir]. The number of benzene rings is 1. The van der Waals surface area contributed by atoms with Crippen molar-refractivity contribution in [1.29, 1.82) is 0 Å². The van der Waals surface area contributed by atoms with Gasteiger partial charge in [0.25, 0.3) is 0 Å². The van der Waals surface area contributed by atoms with Gasteiger partial charge in [-0.25, -0.2) is 0 Å². The second-order valence-electron chi connectivity index (χ2n) is 2.73. The fraction of sp³-hybridized carbons (Fsp3) is 0.100. The van der Waals surface area contributed by atoms with E-state index in [1.807, 2.05) is 60.2 Å². The Morgan fingerprint density at radius 1 is 1.31 bits per heavy atom. The normalized spacial score (nSPS) is 14.5. The van der Waals surface area contributed by atoms with Crippen LogP contribution in [0.2, 0.25) is 0 Å². The average molecular weight is 350 g/mol. The largest absolute Gasteiger partial charge is 0.510 e. The van der Waals surface area contributed by atoms with Gasteiger partial charge in [0.1, 0.15) is 0 Å². The molecule has 0 aliphatic carbocycles. The monoisotopic (exact) mass is 351 g/mol. The van der Waals surface area contributed by atoms with Crippen LogP contribution in [0, 0.1) is 12.7 Å². The number of hydrogen-bond acceptors (Lipinski definition) is 2. The average Bonchev–Trinajstić information content (AvgIpc) is 2.54. The van der Waals surface area contributed by atoms with E-state index < -0.39 is 0 Å². The van der Waals surface area contributed by atoms with E-state index in [9.17, 15) is 0 Å². The van der Waals surface area contributed by atoms with Crippen molar-refractivity contribution in [2.75, 3.05) is 11.9 Å². The first kappa shape index (κ1) is 10.3. The summed E-state index contributed by atoms with van der Waals surface area (Å²) in [6, 6.07) is 11.1. The van der Waals surface area contributed by atoms with Crippen molar-refractivity contribution >= 4 is 5.69 Å². The van der Waals surface area contributed by atoms with Gasteiger partial charge in [-0.3, -0.25) is 0 Å². The van der Waals surface area contributed by atoms with Crippen molar-refractivity contribution in [2.24, 2.45) is 0 Å². The molecule has 0 spiro atoms. The molecule has 0 saturated carbocycles. The minimum absolute atomic E-state index is 0. The molecule has 0 atom stereocenters. The van der Waals surface area contributed by atoms with E-state index in [0.717, 1.165) is 5.69 Å². The number of rotatable bonds is 1. The van der Waals surface area contributed by atoms with Crippen LogP contribution in [-0.2, 0) is 20.1 Å². The Kier molecular flexibility index (Phi) is 3.52. The van der Waals surface area contributed by atoms with Gasteiger partial charge in [0.15, 0.2) is 0 Å².